The Morgan fingerprint density at radius 1 is 1.26 bits per heavy atom. The van der Waals surface area contributed by atoms with Gasteiger partial charge in [-0.2, -0.15) is 5.10 Å². The molecule has 2 rings (SSSR count). The van der Waals surface area contributed by atoms with E-state index >= 15 is 0 Å². The molecular formula is C16H22BrN3O3. The van der Waals surface area contributed by atoms with Gasteiger partial charge in [0.2, 0.25) is 0 Å². The number of aromatic nitrogens is 3. The van der Waals surface area contributed by atoms with Gasteiger partial charge in [0.1, 0.15) is 15.9 Å². The Morgan fingerprint density at radius 3 is 2.70 bits per heavy atom. The Labute approximate surface area is 144 Å². The number of hydrogen-bond acceptors (Lipinski definition) is 5. The lowest BCUT2D eigenvalue weighted by Gasteiger charge is -2.12. The zero-order chi connectivity index (χ0) is 16.8. The van der Waals surface area contributed by atoms with Crippen molar-refractivity contribution in [3.05, 3.63) is 16.4 Å². The van der Waals surface area contributed by atoms with E-state index in [4.69, 9.17) is 9.47 Å². The second kappa shape index (κ2) is 8.29. The Hall–Kier alpha value is -1.63. The summed E-state index contributed by atoms with van der Waals surface area (Å²) in [7, 11) is 0. The number of carbonyl (C=O) groups is 1. The molecule has 0 atom stereocenters. The summed E-state index contributed by atoms with van der Waals surface area (Å²) in [6.07, 6.45) is 5.03. The van der Waals surface area contributed by atoms with Crippen LogP contribution in [-0.4, -0.2) is 33.9 Å². The van der Waals surface area contributed by atoms with E-state index in [-0.39, 0.29) is 0 Å². The minimum Gasteiger partial charge on any atom is -0.492 e. The third-order valence-electron chi connectivity index (χ3n) is 3.44. The van der Waals surface area contributed by atoms with Crippen LogP contribution < -0.4 is 4.74 Å². The predicted octanol–water partition coefficient (Wildman–Crippen LogP) is 3.96. The summed E-state index contributed by atoms with van der Waals surface area (Å²) in [4.78, 5) is 16.7. The van der Waals surface area contributed by atoms with Crippen LogP contribution in [0.15, 0.2) is 10.8 Å². The summed E-state index contributed by atoms with van der Waals surface area (Å²) in [5, 5.41) is 5.13. The maximum absolute atomic E-state index is 12.2. The summed E-state index contributed by atoms with van der Waals surface area (Å²) >= 11 is 3.38. The Morgan fingerprint density at radius 2 is 2.04 bits per heavy atom. The molecule has 23 heavy (non-hydrogen) atoms. The van der Waals surface area contributed by atoms with Gasteiger partial charge < -0.3 is 9.47 Å². The molecule has 0 unspecified atom stereocenters. The van der Waals surface area contributed by atoms with Crippen molar-refractivity contribution < 1.29 is 14.3 Å². The molecule has 0 radical (unpaired) electrons. The van der Waals surface area contributed by atoms with E-state index in [1.54, 1.807) is 13.1 Å². The first-order valence-corrected chi connectivity index (χ1v) is 8.78. The fraction of sp³-hybridized carbons (Fsp3) is 0.562. The maximum atomic E-state index is 12.2. The molecule has 0 aliphatic rings. The van der Waals surface area contributed by atoms with Crippen LogP contribution in [0.3, 0.4) is 0 Å². The Kier molecular flexibility index (Phi) is 6.38. The smallest absolute Gasteiger partial charge is 0.344 e. The molecular weight excluding hydrogens is 362 g/mol. The highest BCUT2D eigenvalue weighted by Gasteiger charge is 2.24. The Bertz CT molecular complexity index is 685. The molecule has 2 aromatic rings. The van der Waals surface area contributed by atoms with Crippen molar-refractivity contribution in [2.75, 3.05) is 13.2 Å². The van der Waals surface area contributed by atoms with E-state index in [0.717, 1.165) is 31.2 Å². The van der Waals surface area contributed by atoms with E-state index in [0.29, 0.717) is 34.8 Å². The lowest BCUT2D eigenvalue weighted by molar-refractivity contribution is 0.0520. The van der Waals surface area contributed by atoms with Crippen LogP contribution in [0.2, 0.25) is 0 Å². The molecule has 0 aromatic carbocycles. The molecule has 2 aromatic heterocycles. The van der Waals surface area contributed by atoms with Gasteiger partial charge in [0.25, 0.3) is 0 Å². The third-order valence-corrected chi connectivity index (χ3v) is 4.01. The van der Waals surface area contributed by atoms with E-state index in [2.05, 4.69) is 32.9 Å². The molecule has 7 heteroatoms. The number of nitrogens with zero attached hydrogens (tertiary/aromatic N) is 3. The van der Waals surface area contributed by atoms with E-state index in [1.165, 1.54) is 0 Å². The van der Waals surface area contributed by atoms with Gasteiger partial charge in [-0.1, -0.05) is 19.8 Å². The van der Waals surface area contributed by atoms with Crippen molar-refractivity contribution in [2.24, 2.45) is 0 Å². The SMILES string of the molecule is CCCCCn1ncc2c(OCC)c(C(=O)OCC)c(Br)nc21. The summed E-state index contributed by atoms with van der Waals surface area (Å²) in [5.41, 5.74) is 1.03. The third kappa shape index (κ3) is 3.83. The number of aryl methyl sites for hydroxylation is 1. The van der Waals surface area contributed by atoms with Gasteiger partial charge in [-0.05, 0) is 36.2 Å². The van der Waals surface area contributed by atoms with Crippen molar-refractivity contribution in [1.29, 1.82) is 0 Å². The van der Waals surface area contributed by atoms with Gasteiger partial charge in [0.15, 0.2) is 5.65 Å². The highest BCUT2D eigenvalue weighted by atomic mass is 79.9. The van der Waals surface area contributed by atoms with E-state index < -0.39 is 5.97 Å². The lowest BCUT2D eigenvalue weighted by atomic mass is 10.2. The first kappa shape index (κ1) is 17.7. The molecule has 0 spiro atoms. The first-order chi connectivity index (χ1) is 11.1. The van der Waals surface area contributed by atoms with Gasteiger partial charge >= 0.3 is 5.97 Å². The van der Waals surface area contributed by atoms with E-state index in [1.807, 2.05) is 11.6 Å². The number of unbranched alkanes of at least 4 members (excludes halogenated alkanes) is 2. The van der Waals surface area contributed by atoms with Gasteiger partial charge in [-0.25, -0.2) is 14.5 Å². The minimum atomic E-state index is -0.448. The topological polar surface area (TPSA) is 66.2 Å². The molecule has 0 aliphatic carbocycles. The molecule has 0 aliphatic heterocycles. The molecule has 0 saturated carbocycles. The molecule has 0 amide bonds. The molecule has 0 saturated heterocycles. The fourth-order valence-electron chi connectivity index (χ4n) is 2.38. The summed E-state index contributed by atoms with van der Waals surface area (Å²) in [6, 6.07) is 0. The van der Waals surface area contributed by atoms with Crippen molar-refractivity contribution in [2.45, 2.75) is 46.6 Å². The second-order valence-electron chi connectivity index (χ2n) is 5.07. The average Bonchev–Trinajstić information content (AvgIpc) is 2.91. The van der Waals surface area contributed by atoms with Crippen LogP contribution in [0, 0.1) is 0 Å². The lowest BCUT2D eigenvalue weighted by Crippen LogP contribution is -2.11. The van der Waals surface area contributed by atoms with Crippen LogP contribution in [0.1, 0.15) is 50.4 Å². The number of esters is 1. The molecule has 0 N–H and O–H groups in total. The van der Waals surface area contributed by atoms with E-state index in [9.17, 15) is 4.79 Å². The number of carbonyl (C=O) groups excluding carboxylic acids is 1. The number of hydrogen-bond donors (Lipinski definition) is 0. The molecule has 126 valence electrons. The highest BCUT2D eigenvalue weighted by molar-refractivity contribution is 9.10. The van der Waals surface area contributed by atoms with Crippen LogP contribution >= 0.6 is 15.9 Å². The maximum Gasteiger partial charge on any atom is 0.344 e. The van der Waals surface area contributed by atoms with Gasteiger partial charge in [-0.3, -0.25) is 0 Å². The predicted molar refractivity (Wildman–Crippen MR) is 91.9 cm³/mol. The fourth-order valence-corrected chi connectivity index (χ4v) is 2.89. The second-order valence-corrected chi connectivity index (χ2v) is 5.82. The molecule has 0 bridgehead atoms. The number of fused-ring (bicyclic) bond motifs is 1. The van der Waals surface area contributed by atoms with Crippen LogP contribution in [0.25, 0.3) is 11.0 Å². The van der Waals surface area contributed by atoms with Crippen LogP contribution in [0.5, 0.6) is 5.75 Å². The van der Waals surface area contributed by atoms with Crippen molar-refractivity contribution in [3.63, 3.8) is 0 Å². The standard InChI is InChI=1S/C16H22BrN3O3/c1-4-7-8-9-20-15-11(10-18-20)13(22-5-2)12(14(17)19-15)16(21)23-6-3/h10H,4-9H2,1-3H3. The number of pyridine rings is 1. The monoisotopic (exact) mass is 383 g/mol. The number of halogens is 1. The largest absolute Gasteiger partial charge is 0.492 e. The molecule has 6 nitrogen and oxygen atoms in total. The molecule has 0 fully saturated rings. The zero-order valence-electron chi connectivity index (χ0n) is 13.8. The van der Waals surface area contributed by atoms with Gasteiger partial charge in [0, 0.05) is 6.54 Å². The van der Waals surface area contributed by atoms with Crippen LogP contribution in [-0.2, 0) is 11.3 Å². The van der Waals surface area contributed by atoms with Crippen molar-refractivity contribution in [1.82, 2.24) is 14.8 Å². The quantitative estimate of drug-likeness (QED) is 0.392. The van der Waals surface area contributed by atoms with Crippen molar-refractivity contribution in [3.8, 4) is 5.75 Å². The average molecular weight is 384 g/mol. The Balaban J connectivity index is 2.50. The first-order valence-electron chi connectivity index (χ1n) is 7.98. The zero-order valence-corrected chi connectivity index (χ0v) is 15.4. The summed E-state index contributed by atoms with van der Waals surface area (Å²) in [5.74, 6) is 0.0283. The van der Waals surface area contributed by atoms with Gasteiger partial charge in [-0.15, -0.1) is 0 Å². The number of rotatable bonds is 8. The van der Waals surface area contributed by atoms with Crippen molar-refractivity contribution >= 4 is 32.9 Å². The summed E-state index contributed by atoms with van der Waals surface area (Å²) < 4.78 is 13.1. The molecule has 2 heterocycles. The summed E-state index contributed by atoms with van der Waals surface area (Å²) in [6.45, 7) is 7.34. The normalized spacial score (nSPS) is 11.0. The highest BCUT2D eigenvalue weighted by Crippen LogP contribution is 2.34. The number of ether oxygens (including phenoxy) is 2. The minimum absolute atomic E-state index is 0.297. The van der Waals surface area contributed by atoms with Crippen LogP contribution in [0.4, 0.5) is 0 Å². The van der Waals surface area contributed by atoms with Gasteiger partial charge in [0.05, 0.1) is 24.8 Å².